The Bertz CT molecular complexity index is 1640. The van der Waals surface area contributed by atoms with Crippen LogP contribution in [0.25, 0.3) is 42.2 Å². The number of rotatable bonds is 4. The van der Waals surface area contributed by atoms with Crippen LogP contribution in [0.5, 0.6) is 0 Å². The van der Waals surface area contributed by atoms with Gasteiger partial charge in [0.15, 0.2) is 0 Å². The van der Waals surface area contributed by atoms with Crippen LogP contribution < -0.4 is 0 Å². The molecule has 0 unspecified atom stereocenters. The summed E-state index contributed by atoms with van der Waals surface area (Å²) < 4.78 is 15.3. The number of hydrogen-bond donors (Lipinski definition) is 0. The van der Waals surface area contributed by atoms with Crippen molar-refractivity contribution < 1.29 is 8.83 Å². The molecule has 0 bridgehead atoms. The van der Waals surface area contributed by atoms with E-state index in [1.54, 1.807) is 0 Å². The zero-order valence-electron chi connectivity index (χ0n) is 20.6. The van der Waals surface area contributed by atoms with Crippen LogP contribution in [0.15, 0.2) is 118 Å². The Kier molecular flexibility index (Phi) is 5.05. The zero-order chi connectivity index (χ0) is 25.0. The fourth-order valence-corrected chi connectivity index (χ4v) is 12.5. The quantitative estimate of drug-likeness (QED) is 0.211. The van der Waals surface area contributed by atoms with Gasteiger partial charge in [-0.05, 0) is 0 Å². The molecule has 0 atom stereocenters. The molecule has 178 valence electrons. The van der Waals surface area contributed by atoms with Crippen molar-refractivity contribution in [2.45, 2.75) is 11.5 Å². The molecule has 6 aromatic rings. The molecule has 37 heavy (non-hydrogen) atoms. The molecule has 1 aliphatic heterocycles. The van der Waals surface area contributed by atoms with Crippen molar-refractivity contribution >= 4 is 55.4 Å². The van der Waals surface area contributed by atoms with Crippen molar-refractivity contribution in [2.75, 3.05) is 0 Å². The standard InChI is InChI=1S/C32H24GeN2O2/c1-33(2)29(31-34-23-17-9-11-19-25(23)36-31)27(21-13-5-3-6-14-21)28(22-15-7-4-8-16-22)30(33)32-35-24-18-10-12-20-26(24)37-32/h3-20H,1-2H3. The summed E-state index contributed by atoms with van der Waals surface area (Å²) in [6, 6.07) is 37.1. The first-order valence-corrected chi connectivity index (χ1v) is 18.7. The van der Waals surface area contributed by atoms with Gasteiger partial charge >= 0.3 is 218 Å². The van der Waals surface area contributed by atoms with Gasteiger partial charge in [0.25, 0.3) is 0 Å². The van der Waals surface area contributed by atoms with Crippen LogP contribution in [0.4, 0.5) is 0 Å². The molecule has 7 rings (SSSR count). The third-order valence-electron chi connectivity index (χ3n) is 7.14. The molecule has 0 saturated carbocycles. The average Bonchev–Trinajstić information content (AvgIpc) is 3.60. The fourth-order valence-electron chi connectivity index (χ4n) is 5.49. The summed E-state index contributed by atoms with van der Waals surface area (Å²) in [5.74, 6) is 6.19. The second kappa shape index (κ2) is 8.46. The van der Waals surface area contributed by atoms with E-state index in [4.69, 9.17) is 18.8 Å². The van der Waals surface area contributed by atoms with Crippen LogP contribution in [0, 0.1) is 0 Å². The second-order valence-corrected chi connectivity index (χ2v) is 18.7. The first kappa shape index (κ1) is 22.1. The van der Waals surface area contributed by atoms with E-state index >= 15 is 0 Å². The molecule has 0 amide bonds. The molecule has 1 aliphatic rings. The van der Waals surface area contributed by atoms with Gasteiger partial charge in [0, 0.05) is 0 Å². The SMILES string of the molecule is [CH3][Ge]1([CH3])[C](c2nc3ccccc3o2)=C(c2ccccc2)C(c2ccccc2)=[C]1c1nc2ccccc2o1. The predicted octanol–water partition coefficient (Wildman–Crippen LogP) is 8.29. The van der Waals surface area contributed by atoms with Gasteiger partial charge in [0.05, 0.1) is 0 Å². The van der Waals surface area contributed by atoms with Gasteiger partial charge in [-0.2, -0.15) is 0 Å². The van der Waals surface area contributed by atoms with E-state index in [-0.39, 0.29) is 0 Å². The normalized spacial score (nSPS) is 15.3. The van der Waals surface area contributed by atoms with Gasteiger partial charge in [-0.25, -0.2) is 0 Å². The monoisotopic (exact) mass is 542 g/mol. The van der Waals surface area contributed by atoms with E-state index in [1.165, 1.54) is 20.0 Å². The third-order valence-corrected chi connectivity index (χ3v) is 14.3. The molecule has 0 spiro atoms. The molecule has 2 aromatic heterocycles. The van der Waals surface area contributed by atoms with E-state index in [1.807, 2.05) is 48.5 Å². The number of hydrogen-bond acceptors (Lipinski definition) is 4. The molecule has 0 fully saturated rings. The Hall–Kier alpha value is -4.16. The predicted molar refractivity (Wildman–Crippen MR) is 152 cm³/mol. The Balaban J connectivity index is 1.60. The van der Waals surface area contributed by atoms with Gasteiger partial charge in [-0.15, -0.1) is 0 Å². The summed E-state index contributed by atoms with van der Waals surface area (Å²) in [7, 11) is 0. The van der Waals surface area contributed by atoms with E-state index in [0.29, 0.717) is 11.8 Å². The van der Waals surface area contributed by atoms with E-state index in [2.05, 4.69) is 72.2 Å². The molecule has 0 aliphatic carbocycles. The van der Waals surface area contributed by atoms with Crippen molar-refractivity contribution in [1.29, 1.82) is 0 Å². The Labute approximate surface area is 217 Å². The number of allylic oxidation sites excluding steroid dienone is 2. The maximum atomic E-state index is 6.47. The van der Waals surface area contributed by atoms with E-state index in [0.717, 1.165) is 33.3 Å². The third kappa shape index (κ3) is 3.51. The number of benzene rings is 4. The van der Waals surface area contributed by atoms with E-state index in [9.17, 15) is 0 Å². The fraction of sp³-hybridized carbons (Fsp3) is 0.0625. The van der Waals surface area contributed by atoms with Gasteiger partial charge in [0.1, 0.15) is 0 Å². The van der Waals surface area contributed by atoms with Gasteiger partial charge < -0.3 is 0 Å². The van der Waals surface area contributed by atoms with Gasteiger partial charge in [-0.3, -0.25) is 0 Å². The number of fused-ring (bicyclic) bond motifs is 2. The molecule has 5 heteroatoms. The maximum absolute atomic E-state index is 6.47. The number of aromatic nitrogens is 2. The van der Waals surface area contributed by atoms with Gasteiger partial charge in [-0.1, -0.05) is 0 Å². The number of oxazole rings is 2. The summed E-state index contributed by atoms with van der Waals surface area (Å²) in [5.41, 5.74) is 7.95. The number of para-hydroxylation sites is 4. The van der Waals surface area contributed by atoms with Gasteiger partial charge in [0.2, 0.25) is 0 Å². The molecule has 4 aromatic carbocycles. The minimum absolute atomic E-state index is 0.699. The summed E-state index contributed by atoms with van der Waals surface area (Å²) in [4.78, 5) is 10.0. The van der Waals surface area contributed by atoms with Crippen LogP contribution in [0.2, 0.25) is 11.5 Å². The zero-order valence-corrected chi connectivity index (χ0v) is 22.7. The Morgan fingerprint density at radius 3 is 1.27 bits per heavy atom. The first-order valence-electron chi connectivity index (χ1n) is 12.4. The summed E-state index contributed by atoms with van der Waals surface area (Å²) in [5, 5.41) is 0. The summed E-state index contributed by atoms with van der Waals surface area (Å²) in [6.45, 7) is 0. The van der Waals surface area contributed by atoms with Crippen molar-refractivity contribution in [2.24, 2.45) is 0 Å². The van der Waals surface area contributed by atoms with Crippen molar-refractivity contribution in [3.63, 3.8) is 0 Å². The van der Waals surface area contributed by atoms with Crippen LogP contribution in [0.1, 0.15) is 22.9 Å². The second-order valence-electron chi connectivity index (χ2n) is 9.83. The molecule has 3 heterocycles. The van der Waals surface area contributed by atoms with Crippen molar-refractivity contribution in [3.05, 3.63) is 132 Å². The minimum atomic E-state index is -3.13. The summed E-state index contributed by atoms with van der Waals surface area (Å²) >= 11 is -3.13. The van der Waals surface area contributed by atoms with Crippen LogP contribution in [0.3, 0.4) is 0 Å². The average molecular weight is 541 g/mol. The molecular weight excluding hydrogens is 517 g/mol. The molecule has 0 radical (unpaired) electrons. The molecular formula is C32H24GeN2O2. The Morgan fingerprint density at radius 1 is 0.486 bits per heavy atom. The van der Waals surface area contributed by atoms with Crippen molar-refractivity contribution in [3.8, 4) is 0 Å². The molecule has 0 N–H and O–H groups in total. The topological polar surface area (TPSA) is 52.1 Å². The van der Waals surface area contributed by atoms with Crippen molar-refractivity contribution in [1.82, 2.24) is 9.97 Å². The van der Waals surface area contributed by atoms with Crippen LogP contribution >= 0.6 is 0 Å². The Morgan fingerprint density at radius 2 is 0.865 bits per heavy atom. The van der Waals surface area contributed by atoms with E-state index < -0.39 is 13.3 Å². The van der Waals surface area contributed by atoms with Crippen LogP contribution in [-0.4, -0.2) is 23.2 Å². The molecule has 4 nitrogen and oxygen atoms in total. The van der Waals surface area contributed by atoms with Crippen LogP contribution in [-0.2, 0) is 0 Å². The number of nitrogens with zero attached hydrogens (tertiary/aromatic N) is 2. The summed E-state index contributed by atoms with van der Waals surface area (Å²) in [6.07, 6.45) is 0. The first-order chi connectivity index (χ1) is 18.1. The molecule has 0 saturated heterocycles.